The Balaban J connectivity index is 2.24. The Morgan fingerprint density at radius 1 is 1.14 bits per heavy atom. The van der Waals surface area contributed by atoms with Crippen molar-refractivity contribution in [2.24, 2.45) is 0 Å². The molecule has 2 aromatic rings. The van der Waals surface area contributed by atoms with Gasteiger partial charge in [-0.15, -0.1) is 11.6 Å². The van der Waals surface area contributed by atoms with Crippen molar-refractivity contribution in [1.29, 1.82) is 0 Å². The van der Waals surface area contributed by atoms with Crippen LogP contribution in [0.15, 0.2) is 40.9 Å². The fourth-order valence-corrected chi connectivity index (χ4v) is 2.76. The minimum Gasteiger partial charge on any atom is -0.494 e. The Morgan fingerprint density at radius 2 is 1.90 bits per heavy atom. The van der Waals surface area contributed by atoms with Crippen LogP contribution in [0.1, 0.15) is 23.4 Å². The Morgan fingerprint density at radius 3 is 2.57 bits per heavy atom. The lowest BCUT2D eigenvalue weighted by Crippen LogP contribution is -2.02. The van der Waals surface area contributed by atoms with E-state index in [-0.39, 0.29) is 0 Å². The molecular formula is C16H14BrClF2O. The van der Waals surface area contributed by atoms with E-state index < -0.39 is 17.0 Å². The molecule has 21 heavy (non-hydrogen) atoms. The van der Waals surface area contributed by atoms with Crippen LogP contribution in [0.5, 0.6) is 5.75 Å². The first-order valence-electron chi connectivity index (χ1n) is 6.51. The fraction of sp³-hybridized carbons (Fsp3) is 0.250. The lowest BCUT2D eigenvalue weighted by atomic mass is 10.0. The third-order valence-corrected chi connectivity index (χ3v) is 3.89. The van der Waals surface area contributed by atoms with Crippen LogP contribution in [-0.4, -0.2) is 6.61 Å². The second-order valence-corrected chi connectivity index (χ2v) is 5.98. The maximum atomic E-state index is 13.2. The van der Waals surface area contributed by atoms with Gasteiger partial charge in [0.25, 0.3) is 0 Å². The summed E-state index contributed by atoms with van der Waals surface area (Å²) < 4.78 is 32.6. The van der Waals surface area contributed by atoms with Crippen molar-refractivity contribution in [3.63, 3.8) is 0 Å². The zero-order valence-electron chi connectivity index (χ0n) is 11.4. The van der Waals surface area contributed by atoms with Crippen molar-refractivity contribution in [3.8, 4) is 5.75 Å². The molecule has 0 aliphatic heterocycles. The van der Waals surface area contributed by atoms with E-state index >= 15 is 0 Å². The number of halogens is 4. The summed E-state index contributed by atoms with van der Waals surface area (Å²) in [5.74, 6) is -1.03. The van der Waals surface area contributed by atoms with Gasteiger partial charge in [0, 0.05) is 10.0 Å². The van der Waals surface area contributed by atoms with Crippen LogP contribution >= 0.6 is 27.5 Å². The molecule has 0 radical (unpaired) electrons. The first kappa shape index (κ1) is 16.2. The first-order chi connectivity index (χ1) is 10.0. The summed E-state index contributed by atoms with van der Waals surface area (Å²) in [5, 5.41) is -0.395. The Labute approximate surface area is 136 Å². The van der Waals surface area contributed by atoms with Gasteiger partial charge in [-0.05, 0) is 49.2 Å². The fourth-order valence-electron chi connectivity index (χ4n) is 2.03. The summed E-state index contributed by atoms with van der Waals surface area (Å²) in [5.41, 5.74) is 1.45. The quantitative estimate of drug-likeness (QED) is 0.614. The van der Waals surface area contributed by atoms with E-state index in [0.29, 0.717) is 24.3 Å². The van der Waals surface area contributed by atoms with E-state index in [2.05, 4.69) is 15.9 Å². The highest BCUT2D eigenvalue weighted by atomic mass is 79.9. The number of rotatable bonds is 5. The van der Waals surface area contributed by atoms with E-state index in [9.17, 15) is 8.78 Å². The molecule has 0 aromatic heterocycles. The summed E-state index contributed by atoms with van der Waals surface area (Å²) >= 11 is 9.83. The van der Waals surface area contributed by atoms with Gasteiger partial charge in [0.05, 0.1) is 12.0 Å². The molecule has 0 saturated carbocycles. The molecule has 2 aromatic carbocycles. The predicted molar refractivity (Wildman–Crippen MR) is 84.0 cm³/mol. The lowest BCUT2D eigenvalue weighted by Gasteiger charge is -2.15. The van der Waals surface area contributed by atoms with Crippen LogP contribution in [0.3, 0.4) is 0 Å². The highest BCUT2D eigenvalue weighted by Crippen LogP contribution is 2.34. The van der Waals surface area contributed by atoms with Crippen molar-refractivity contribution in [3.05, 3.63) is 63.6 Å². The van der Waals surface area contributed by atoms with Crippen LogP contribution in [-0.2, 0) is 6.42 Å². The van der Waals surface area contributed by atoms with E-state index in [0.717, 1.165) is 16.1 Å². The van der Waals surface area contributed by atoms with E-state index in [4.69, 9.17) is 16.3 Å². The van der Waals surface area contributed by atoms with Crippen molar-refractivity contribution >= 4 is 27.5 Å². The van der Waals surface area contributed by atoms with Crippen LogP contribution in [0.2, 0.25) is 0 Å². The molecule has 0 amide bonds. The molecule has 0 aliphatic rings. The number of hydrogen-bond donors (Lipinski definition) is 0. The molecule has 0 aliphatic carbocycles. The SMILES string of the molecule is CCOc1ccc(Br)cc1C(Cl)Cc1ccc(F)c(F)c1. The molecule has 0 saturated heterocycles. The molecule has 1 unspecified atom stereocenters. The summed E-state index contributed by atoms with van der Waals surface area (Å²) in [6, 6.07) is 9.40. The lowest BCUT2D eigenvalue weighted by molar-refractivity contribution is 0.336. The van der Waals surface area contributed by atoms with Gasteiger partial charge in [0.1, 0.15) is 5.75 Å². The topological polar surface area (TPSA) is 9.23 Å². The van der Waals surface area contributed by atoms with Gasteiger partial charge in [0.15, 0.2) is 11.6 Å². The average molecular weight is 376 g/mol. The van der Waals surface area contributed by atoms with E-state index in [1.807, 2.05) is 25.1 Å². The molecule has 0 spiro atoms. The molecular weight excluding hydrogens is 362 g/mol. The minimum atomic E-state index is -0.865. The standard InChI is InChI=1S/C16H14BrClF2O/c1-2-21-16-6-4-11(17)9-12(16)13(18)7-10-3-5-14(19)15(20)8-10/h3-6,8-9,13H,2,7H2,1H3. The van der Waals surface area contributed by atoms with Crippen LogP contribution in [0, 0.1) is 11.6 Å². The summed E-state index contributed by atoms with van der Waals surface area (Å²) in [6.45, 7) is 2.42. The third-order valence-electron chi connectivity index (χ3n) is 3.01. The first-order valence-corrected chi connectivity index (χ1v) is 7.74. The molecule has 0 heterocycles. The monoisotopic (exact) mass is 374 g/mol. The van der Waals surface area contributed by atoms with Crippen LogP contribution < -0.4 is 4.74 Å². The van der Waals surface area contributed by atoms with Crippen LogP contribution in [0.4, 0.5) is 8.78 Å². The van der Waals surface area contributed by atoms with Gasteiger partial charge < -0.3 is 4.74 Å². The second kappa shape index (κ2) is 7.23. The maximum absolute atomic E-state index is 13.2. The molecule has 112 valence electrons. The van der Waals surface area contributed by atoms with Gasteiger partial charge in [-0.25, -0.2) is 8.78 Å². The van der Waals surface area contributed by atoms with E-state index in [1.165, 1.54) is 12.1 Å². The molecule has 2 rings (SSSR count). The highest BCUT2D eigenvalue weighted by Gasteiger charge is 2.16. The molecule has 0 fully saturated rings. The predicted octanol–water partition coefficient (Wildman–Crippen LogP) is 5.65. The molecule has 5 heteroatoms. The molecule has 0 N–H and O–H groups in total. The van der Waals surface area contributed by atoms with Crippen LogP contribution in [0.25, 0.3) is 0 Å². The number of ether oxygens (including phenoxy) is 1. The summed E-state index contributed by atoms with van der Waals surface area (Å²) in [7, 11) is 0. The third kappa shape index (κ3) is 4.17. The zero-order chi connectivity index (χ0) is 15.4. The van der Waals surface area contributed by atoms with Gasteiger partial charge in [-0.1, -0.05) is 22.0 Å². The van der Waals surface area contributed by atoms with Crippen molar-refractivity contribution in [1.82, 2.24) is 0 Å². The second-order valence-electron chi connectivity index (χ2n) is 4.54. The Bertz CT molecular complexity index is 634. The van der Waals surface area contributed by atoms with Crippen molar-refractivity contribution in [2.45, 2.75) is 18.7 Å². The summed E-state index contributed by atoms with van der Waals surface area (Å²) in [4.78, 5) is 0. The van der Waals surface area contributed by atoms with Gasteiger partial charge in [-0.3, -0.25) is 0 Å². The zero-order valence-corrected chi connectivity index (χ0v) is 13.7. The molecule has 1 nitrogen and oxygen atoms in total. The van der Waals surface area contributed by atoms with E-state index in [1.54, 1.807) is 0 Å². The van der Waals surface area contributed by atoms with Gasteiger partial charge in [0.2, 0.25) is 0 Å². The maximum Gasteiger partial charge on any atom is 0.159 e. The Kier molecular flexibility index (Phi) is 5.59. The normalized spacial score (nSPS) is 12.2. The van der Waals surface area contributed by atoms with Crippen molar-refractivity contribution in [2.75, 3.05) is 6.61 Å². The number of hydrogen-bond acceptors (Lipinski definition) is 1. The molecule has 1 atom stereocenters. The largest absolute Gasteiger partial charge is 0.494 e. The smallest absolute Gasteiger partial charge is 0.159 e. The Hall–Kier alpha value is -1.13. The van der Waals surface area contributed by atoms with Gasteiger partial charge >= 0.3 is 0 Å². The van der Waals surface area contributed by atoms with Crippen molar-refractivity contribution < 1.29 is 13.5 Å². The average Bonchev–Trinajstić information content (AvgIpc) is 2.45. The minimum absolute atomic E-state index is 0.384. The highest BCUT2D eigenvalue weighted by molar-refractivity contribution is 9.10. The number of alkyl halides is 1. The summed E-state index contributed by atoms with van der Waals surface area (Å²) in [6.07, 6.45) is 0.384. The molecule has 0 bridgehead atoms. The number of benzene rings is 2. The van der Waals surface area contributed by atoms with Gasteiger partial charge in [-0.2, -0.15) is 0 Å².